The van der Waals surface area contributed by atoms with Crippen molar-refractivity contribution >= 4 is 17.3 Å². The van der Waals surface area contributed by atoms with Gasteiger partial charge < -0.3 is 9.52 Å². The minimum Gasteiger partial charge on any atom is -0.476 e. The number of oxazole rings is 1. The van der Waals surface area contributed by atoms with Crippen LogP contribution in [0.15, 0.2) is 40.1 Å². The first-order chi connectivity index (χ1) is 10.1. The topological polar surface area (TPSA) is 63.3 Å². The Kier molecular flexibility index (Phi) is 3.31. The average Bonchev–Trinajstić information content (AvgIpc) is 3.09. The summed E-state index contributed by atoms with van der Waals surface area (Å²) in [5.41, 5.74) is 0.225. The van der Waals surface area contributed by atoms with Crippen molar-refractivity contribution < 1.29 is 18.7 Å². The Bertz CT molecular complexity index is 808. The summed E-state index contributed by atoms with van der Waals surface area (Å²) in [4.78, 5) is 16.0. The Labute approximate surface area is 123 Å². The molecular formula is C15H10FNO3S. The number of carboxylic acids is 1. The van der Waals surface area contributed by atoms with E-state index >= 15 is 0 Å². The maximum Gasteiger partial charge on any atom is 0.358 e. The smallest absolute Gasteiger partial charge is 0.358 e. The molecule has 0 aliphatic heterocycles. The van der Waals surface area contributed by atoms with Crippen LogP contribution in [0.5, 0.6) is 0 Å². The quantitative estimate of drug-likeness (QED) is 0.787. The van der Waals surface area contributed by atoms with E-state index in [0.29, 0.717) is 10.4 Å². The van der Waals surface area contributed by atoms with Crippen LogP contribution in [0.1, 0.15) is 16.1 Å². The second-order valence-corrected chi connectivity index (χ2v) is 5.36. The fourth-order valence-corrected chi connectivity index (χ4v) is 2.63. The van der Waals surface area contributed by atoms with Gasteiger partial charge in [0, 0.05) is 0 Å². The van der Waals surface area contributed by atoms with Crippen molar-refractivity contribution in [3.8, 4) is 22.1 Å². The molecular weight excluding hydrogens is 293 g/mol. The Morgan fingerprint density at radius 3 is 2.81 bits per heavy atom. The molecule has 21 heavy (non-hydrogen) atoms. The number of carbonyl (C=O) groups is 1. The van der Waals surface area contributed by atoms with Gasteiger partial charge in [-0.05, 0) is 30.0 Å². The summed E-state index contributed by atoms with van der Waals surface area (Å²) in [6, 6.07) is 8.30. The van der Waals surface area contributed by atoms with E-state index in [4.69, 9.17) is 4.42 Å². The van der Waals surface area contributed by atoms with Gasteiger partial charge in [0.05, 0.1) is 10.4 Å². The number of aromatic nitrogens is 1. The summed E-state index contributed by atoms with van der Waals surface area (Å²) >= 11 is 1.37. The number of thiophene rings is 1. The number of carboxylic acid groups (broad SMARTS) is 1. The van der Waals surface area contributed by atoms with Gasteiger partial charge in [-0.15, -0.1) is 11.3 Å². The number of benzene rings is 1. The summed E-state index contributed by atoms with van der Waals surface area (Å²) in [7, 11) is 0. The molecule has 0 radical (unpaired) electrons. The Balaban J connectivity index is 2.22. The summed E-state index contributed by atoms with van der Waals surface area (Å²) in [5.74, 6) is -1.64. The van der Waals surface area contributed by atoms with Gasteiger partial charge >= 0.3 is 5.97 Å². The van der Waals surface area contributed by atoms with Crippen molar-refractivity contribution in [3.63, 3.8) is 0 Å². The van der Waals surface area contributed by atoms with Crippen LogP contribution in [0, 0.1) is 12.7 Å². The standard InChI is InChI=1S/C15H10FNO3S/c1-8-4-2-5-9(11(8)16)13-12(15(18)19)17-14(20-13)10-6-3-7-21-10/h2-7H,1H3,(H,18,19). The Morgan fingerprint density at radius 2 is 2.14 bits per heavy atom. The van der Waals surface area contributed by atoms with Crippen molar-refractivity contribution in [1.82, 2.24) is 4.98 Å². The second kappa shape index (κ2) is 5.14. The van der Waals surface area contributed by atoms with Crippen LogP contribution >= 0.6 is 11.3 Å². The molecule has 0 aliphatic carbocycles. The molecule has 0 aliphatic rings. The van der Waals surface area contributed by atoms with Crippen molar-refractivity contribution in [2.45, 2.75) is 6.92 Å². The number of rotatable bonds is 3. The first-order valence-electron chi connectivity index (χ1n) is 6.11. The van der Waals surface area contributed by atoms with E-state index in [2.05, 4.69) is 4.98 Å². The van der Waals surface area contributed by atoms with Crippen molar-refractivity contribution in [1.29, 1.82) is 0 Å². The molecule has 1 aromatic carbocycles. The monoisotopic (exact) mass is 303 g/mol. The highest BCUT2D eigenvalue weighted by atomic mass is 32.1. The van der Waals surface area contributed by atoms with Gasteiger partial charge in [-0.1, -0.05) is 18.2 Å². The van der Waals surface area contributed by atoms with E-state index in [-0.39, 0.29) is 22.9 Å². The van der Waals surface area contributed by atoms with Crippen LogP contribution in [0.3, 0.4) is 0 Å². The van der Waals surface area contributed by atoms with E-state index in [9.17, 15) is 14.3 Å². The molecule has 106 valence electrons. The van der Waals surface area contributed by atoms with Crippen LogP contribution in [0.4, 0.5) is 4.39 Å². The van der Waals surface area contributed by atoms with Crippen LogP contribution in [0.2, 0.25) is 0 Å². The van der Waals surface area contributed by atoms with Gasteiger partial charge in [0.1, 0.15) is 5.82 Å². The second-order valence-electron chi connectivity index (χ2n) is 4.42. The van der Waals surface area contributed by atoms with Crippen LogP contribution in [0.25, 0.3) is 22.1 Å². The van der Waals surface area contributed by atoms with Gasteiger partial charge in [-0.2, -0.15) is 0 Å². The molecule has 0 saturated heterocycles. The summed E-state index contributed by atoms with van der Waals surface area (Å²) in [6.07, 6.45) is 0. The summed E-state index contributed by atoms with van der Waals surface area (Å²) in [6.45, 7) is 1.61. The lowest BCUT2D eigenvalue weighted by Crippen LogP contribution is -2.00. The van der Waals surface area contributed by atoms with Crippen LogP contribution in [-0.2, 0) is 0 Å². The predicted molar refractivity (Wildman–Crippen MR) is 76.9 cm³/mol. The van der Waals surface area contributed by atoms with Gasteiger partial charge in [-0.25, -0.2) is 14.2 Å². The van der Waals surface area contributed by atoms with Crippen LogP contribution < -0.4 is 0 Å². The van der Waals surface area contributed by atoms with E-state index in [1.54, 1.807) is 31.2 Å². The maximum absolute atomic E-state index is 14.2. The molecule has 0 unspecified atom stereocenters. The van der Waals surface area contributed by atoms with Crippen molar-refractivity contribution in [2.75, 3.05) is 0 Å². The Hall–Kier alpha value is -2.47. The molecule has 0 bridgehead atoms. The molecule has 6 heteroatoms. The Morgan fingerprint density at radius 1 is 1.33 bits per heavy atom. The minimum absolute atomic E-state index is 0.0629. The fraction of sp³-hybridized carbons (Fsp3) is 0.0667. The molecule has 4 nitrogen and oxygen atoms in total. The fourth-order valence-electron chi connectivity index (χ4n) is 1.98. The highest BCUT2D eigenvalue weighted by molar-refractivity contribution is 7.13. The predicted octanol–water partition coefficient (Wildman–Crippen LogP) is 4.22. The van der Waals surface area contributed by atoms with Gasteiger partial charge in [0.2, 0.25) is 5.89 Å². The maximum atomic E-state index is 14.2. The third kappa shape index (κ3) is 2.34. The number of aromatic carboxylic acids is 1. The molecule has 2 aromatic heterocycles. The largest absolute Gasteiger partial charge is 0.476 e. The third-order valence-electron chi connectivity index (χ3n) is 3.00. The van der Waals surface area contributed by atoms with E-state index in [1.165, 1.54) is 17.4 Å². The highest BCUT2D eigenvalue weighted by Gasteiger charge is 2.24. The lowest BCUT2D eigenvalue weighted by atomic mass is 10.1. The van der Waals surface area contributed by atoms with E-state index in [1.807, 2.05) is 5.38 Å². The minimum atomic E-state index is -1.25. The highest BCUT2D eigenvalue weighted by Crippen LogP contribution is 2.33. The first-order valence-corrected chi connectivity index (χ1v) is 6.99. The van der Waals surface area contributed by atoms with E-state index < -0.39 is 11.8 Å². The van der Waals surface area contributed by atoms with E-state index in [0.717, 1.165) is 0 Å². The molecule has 0 atom stereocenters. The molecule has 0 amide bonds. The summed E-state index contributed by atoms with van der Waals surface area (Å²) < 4.78 is 19.7. The van der Waals surface area contributed by atoms with Crippen molar-refractivity contribution in [3.05, 3.63) is 52.8 Å². The number of nitrogens with zero attached hydrogens (tertiary/aromatic N) is 1. The number of halogens is 1. The molecule has 2 heterocycles. The van der Waals surface area contributed by atoms with Gasteiger partial charge in [0.15, 0.2) is 11.5 Å². The zero-order valence-corrected chi connectivity index (χ0v) is 11.8. The zero-order valence-electron chi connectivity index (χ0n) is 11.0. The molecule has 0 saturated carbocycles. The zero-order chi connectivity index (χ0) is 15.0. The number of hydrogen-bond acceptors (Lipinski definition) is 4. The molecule has 0 spiro atoms. The SMILES string of the molecule is Cc1cccc(-c2oc(-c3cccs3)nc2C(=O)O)c1F. The van der Waals surface area contributed by atoms with Gasteiger partial charge in [-0.3, -0.25) is 0 Å². The summed E-state index contributed by atoms with van der Waals surface area (Å²) in [5, 5.41) is 11.1. The molecule has 1 N–H and O–H groups in total. The number of hydrogen-bond donors (Lipinski definition) is 1. The van der Waals surface area contributed by atoms with Crippen LogP contribution in [-0.4, -0.2) is 16.1 Å². The average molecular weight is 303 g/mol. The number of aryl methyl sites for hydroxylation is 1. The molecule has 0 fully saturated rings. The lowest BCUT2D eigenvalue weighted by Gasteiger charge is -2.02. The first kappa shape index (κ1) is 13.5. The molecule has 3 rings (SSSR count). The third-order valence-corrected chi connectivity index (χ3v) is 3.86. The molecule has 3 aromatic rings. The van der Waals surface area contributed by atoms with Gasteiger partial charge in [0.25, 0.3) is 0 Å². The normalized spacial score (nSPS) is 10.8. The lowest BCUT2D eigenvalue weighted by molar-refractivity contribution is 0.0691. The van der Waals surface area contributed by atoms with Crippen molar-refractivity contribution in [2.24, 2.45) is 0 Å².